The maximum atomic E-state index is 9.81. The second-order valence-corrected chi connectivity index (χ2v) is 4.78. The summed E-state index contributed by atoms with van der Waals surface area (Å²) in [6.07, 6.45) is 3.16. The molecule has 4 atom stereocenters. The molecule has 0 bridgehead atoms. The molecule has 0 aromatic heterocycles. The van der Waals surface area contributed by atoms with E-state index in [9.17, 15) is 5.11 Å². The SMILES string of the molecule is OPOC1C[C@@]12OC1(CC1)C[C@@H]2O. The lowest BCUT2D eigenvalue weighted by Crippen LogP contribution is -2.27. The number of aliphatic hydroxyl groups is 1. The first-order valence-corrected chi connectivity index (χ1v) is 5.49. The van der Waals surface area contributed by atoms with Gasteiger partial charge >= 0.3 is 0 Å². The number of aliphatic hydroxyl groups excluding tert-OH is 1. The molecule has 2 unspecified atom stereocenters. The predicted octanol–water partition coefficient (Wildman–Crippen LogP) is 0.329. The van der Waals surface area contributed by atoms with Crippen molar-refractivity contribution in [1.82, 2.24) is 0 Å². The zero-order chi connectivity index (χ0) is 9.10. The molecule has 0 aromatic carbocycles. The lowest BCUT2D eigenvalue weighted by Gasteiger charge is -2.13. The van der Waals surface area contributed by atoms with E-state index in [1.165, 1.54) is 0 Å². The Labute approximate surface area is 78.2 Å². The Hall–Kier alpha value is 0.270. The zero-order valence-corrected chi connectivity index (χ0v) is 8.19. The summed E-state index contributed by atoms with van der Waals surface area (Å²) in [7, 11) is -0.498. The van der Waals surface area contributed by atoms with E-state index in [1.54, 1.807) is 0 Å². The quantitative estimate of drug-likeness (QED) is 0.636. The molecule has 2 aliphatic carbocycles. The van der Waals surface area contributed by atoms with Crippen LogP contribution in [0.25, 0.3) is 0 Å². The molecule has 3 aliphatic rings. The Bertz CT molecular complexity index is 242. The smallest absolute Gasteiger partial charge is 0.152 e. The van der Waals surface area contributed by atoms with Gasteiger partial charge in [-0.3, -0.25) is 0 Å². The third kappa shape index (κ3) is 1.10. The molecule has 1 heterocycles. The average Bonchev–Trinajstić information content (AvgIpc) is 2.91. The molecule has 2 saturated carbocycles. The molecule has 4 nitrogen and oxygen atoms in total. The van der Waals surface area contributed by atoms with Crippen molar-refractivity contribution in [3.8, 4) is 0 Å². The van der Waals surface area contributed by atoms with Crippen LogP contribution in [-0.4, -0.2) is 33.4 Å². The Balaban J connectivity index is 1.72. The van der Waals surface area contributed by atoms with Crippen molar-refractivity contribution in [1.29, 1.82) is 0 Å². The van der Waals surface area contributed by atoms with Gasteiger partial charge in [0.25, 0.3) is 0 Å². The molecule has 0 radical (unpaired) electrons. The molecule has 5 heteroatoms. The molecule has 1 aliphatic heterocycles. The van der Waals surface area contributed by atoms with Gasteiger partial charge in [0.2, 0.25) is 0 Å². The van der Waals surface area contributed by atoms with Crippen molar-refractivity contribution in [3.63, 3.8) is 0 Å². The first-order chi connectivity index (χ1) is 6.21. The van der Waals surface area contributed by atoms with E-state index in [1.807, 2.05) is 0 Å². The predicted molar refractivity (Wildman–Crippen MR) is 46.4 cm³/mol. The molecule has 3 rings (SSSR count). The van der Waals surface area contributed by atoms with Gasteiger partial charge in [-0.25, -0.2) is 0 Å². The van der Waals surface area contributed by atoms with Gasteiger partial charge < -0.3 is 19.3 Å². The third-order valence-corrected chi connectivity index (χ3v) is 3.82. The normalized spacial score (nSPS) is 51.2. The molecule has 0 amide bonds. The van der Waals surface area contributed by atoms with E-state index in [4.69, 9.17) is 14.2 Å². The molecule has 2 spiro atoms. The fourth-order valence-electron chi connectivity index (χ4n) is 2.38. The minimum atomic E-state index is -0.498. The minimum Gasteiger partial charge on any atom is -0.390 e. The molecule has 0 aromatic rings. The second kappa shape index (κ2) is 2.44. The maximum absolute atomic E-state index is 9.81. The molecule has 1 saturated heterocycles. The second-order valence-electron chi connectivity index (χ2n) is 4.36. The number of rotatable bonds is 2. The van der Waals surface area contributed by atoms with Crippen LogP contribution in [0.2, 0.25) is 0 Å². The van der Waals surface area contributed by atoms with E-state index in [-0.39, 0.29) is 11.7 Å². The molecule has 74 valence electrons. The van der Waals surface area contributed by atoms with Gasteiger partial charge in [-0.05, 0) is 12.8 Å². The van der Waals surface area contributed by atoms with Crippen LogP contribution in [0.5, 0.6) is 0 Å². The van der Waals surface area contributed by atoms with Gasteiger partial charge in [0.05, 0.1) is 17.8 Å². The van der Waals surface area contributed by atoms with Crippen molar-refractivity contribution in [3.05, 3.63) is 0 Å². The Morgan fingerprint density at radius 1 is 1.38 bits per heavy atom. The maximum Gasteiger partial charge on any atom is 0.152 e. The number of hydrogen-bond donors (Lipinski definition) is 2. The molecular weight excluding hydrogens is 191 g/mol. The van der Waals surface area contributed by atoms with Gasteiger partial charge in [-0.2, -0.15) is 0 Å². The minimum absolute atomic E-state index is 0.0178. The van der Waals surface area contributed by atoms with Crippen LogP contribution in [0.4, 0.5) is 0 Å². The Morgan fingerprint density at radius 2 is 2.15 bits per heavy atom. The summed E-state index contributed by atoms with van der Waals surface area (Å²) in [5.74, 6) is 0. The highest BCUT2D eigenvalue weighted by Gasteiger charge is 2.72. The van der Waals surface area contributed by atoms with E-state index >= 15 is 0 Å². The lowest BCUT2D eigenvalue weighted by molar-refractivity contribution is -0.0412. The van der Waals surface area contributed by atoms with Gasteiger partial charge in [-0.15, -0.1) is 0 Å². The summed E-state index contributed by atoms with van der Waals surface area (Å²) < 4.78 is 10.9. The van der Waals surface area contributed by atoms with Crippen LogP contribution in [0, 0.1) is 0 Å². The van der Waals surface area contributed by atoms with E-state index in [0.29, 0.717) is 0 Å². The fourth-order valence-corrected chi connectivity index (χ4v) is 2.79. The van der Waals surface area contributed by atoms with Gasteiger partial charge in [0, 0.05) is 12.8 Å². The van der Waals surface area contributed by atoms with E-state index in [0.717, 1.165) is 25.7 Å². The largest absolute Gasteiger partial charge is 0.390 e. The summed E-state index contributed by atoms with van der Waals surface area (Å²) in [6, 6.07) is 0. The monoisotopic (exact) mass is 204 g/mol. The van der Waals surface area contributed by atoms with Gasteiger partial charge in [-0.1, -0.05) is 0 Å². The summed E-state index contributed by atoms with van der Waals surface area (Å²) >= 11 is 0. The third-order valence-electron chi connectivity index (χ3n) is 3.43. The Kier molecular flexibility index (Phi) is 1.61. The molecular formula is C8H13O4P. The zero-order valence-electron chi connectivity index (χ0n) is 7.19. The van der Waals surface area contributed by atoms with Crippen LogP contribution in [0.3, 0.4) is 0 Å². The fraction of sp³-hybridized carbons (Fsp3) is 1.00. The molecule has 2 N–H and O–H groups in total. The van der Waals surface area contributed by atoms with Gasteiger partial charge in [0.1, 0.15) is 5.60 Å². The summed E-state index contributed by atoms with van der Waals surface area (Å²) in [5.41, 5.74) is -0.470. The summed E-state index contributed by atoms with van der Waals surface area (Å²) in [6.45, 7) is 0. The lowest BCUT2D eigenvalue weighted by atomic mass is 10.1. The van der Waals surface area contributed by atoms with Crippen molar-refractivity contribution < 1.29 is 19.3 Å². The molecule has 3 fully saturated rings. The Morgan fingerprint density at radius 3 is 2.69 bits per heavy atom. The highest BCUT2D eigenvalue weighted by molar-refractivity contribution is 7.25. The van der Waals surface area contributed by atoms with Crippen LogP contribution >= 0.6 is 9.03 Å². The number of ether oxygens (including phenoxy) is 1. The van der Waals surface area contributed by atoms with Crippen LogP contribution < -0.4 is 0 Å². The topological polar surface area (TPSA) is 58.9 Å². The number of hydrogen-bond acceptors (Lipinski definition) is 4. The standard InChI is InChI=1S/C8H13O4P/c9-5-3-7(1-2-7)12-8(5)4-6(8)11-13-10/h5-6,9-10,13H,1-4H2/t5-,6?,8-/m0/s1. The van der Waals surface area contributed by atoms with E-state index < -0.39 is 20.7 Å². The van der Waals surface area contributed by atoms with Crippen LogP contribution in [-0.2, 0) is 9.26 Å². The first-order valence-electron chi connectivity index (χ1n) is 4.64. The van der Waals surface area contributed by atoms with Crippen molar-refractivity contribution in [2.24, 2.45) is 0 Å². The van der Waals surface area contributed by atoms with Crippen LogP contribution in [0.1, 0.15) is 25.7 Å². The highest BCUT2D eigenvalue weighted by Crippen LogP contribution is 2.62. The van der Waals surface area contributed by atoms with Crippen LogP contribution in [0.15, 0.2) is 0 Å². The molecule has 13 heavy (non-hydrogen) atoms. The van der Waals surface area contributed by atoms with Gasteiger partial charge in [0.15, 0.2) is 9.03 Å². The van der Waals surface area contributed by atoms with Crippen molar-refractivity contribution in [2.75, 3.05) is 0 Å². The van der Waals surface area contributed by atoms with Crippen molar-refractivity contribution in [2.45, 2.75) is 49.1 Å². The highest BCUT2D eigenvalue weighted by atomic mass is 31.1. The van der Waals surface area contributed by atoms with E-state index in [2.05, 4.69) is 0 Å². The summed E-state index contributed by atoms with van der Waals surface area (Å²) in [5, 5.41) is 9.81. The average molecular weight is 204 g/mol. The van der Waals surface area contributed by atoms with Crippen molar-refractivity contribution >= 4 is 9.03 Å². The summed E-state index contributed by atoms with van der Waals surface area (Å²) in [4.78, 5) is 8.62. The first kappa shape index (κ1) is 8.57.